The van der Waals surface area contributed by atoms with E-state index in [4.69, 9.17) is 20.4 Å². The number of nitrogens with zero attached hydrogens (tertiary/aromatic N) is 2. The minimum atomic E-state index is -1.23. The van der Waals surface area contributed by atoms with E-state index in [1.54, 1.807) is 0 Å². The van der Waals surface area contributed by atoms with Crippen molar-refractivity contribution in [2.45, 2.75) is 0 Å². The third kappa shape index (κ3) is 22.2. The van der Waals surface area contributed by atoms with E-state index in [9.17, 15) is 19.2 Å². The van der Waals surface area contributed by atoms with Crippen molar-refractivity contribution in [2.24, 2.45) is 0 Å². The van der Waals surface area contributed by atoms with Crippen molar-refractivity contribution in [1.82, 2.24) is 9.80 Å². The first-order chi connectivity index (χ1) is 9.20. The maximum Gasteiger partial charge on any atom is 0.317 e. The van der Waals surface area contributed by atoms with Gasteiger partial charge in [-0.2, -0.15) is 0 Å². The number of carboxylic acids is 4. The number of rotatable bonds is 11. The summed E-state index contributed by atoms with van der Waals surface area (Å²) in [6.45, 7) is -2.25. The van der Waals surface area contributed by atoms with Crippen LogP contribution in [-0.2, 0) is 19.2 Å². The molecular formula is C10H16Li4N2O8. The van der Waals surface area contributed by atoms with E-state index in [1.807, 2.05) is 0 Å². The zero-order valence-corrected chi connectivity index (χ0v) is 14.6. The van der Waals surface area contributed by atoms with Gasteiger partial charge in [-0.05, 0) is 0 Å². The van der Waals surface area contributed by atoms with Crippen LogP contribution in [0.1, 0.15) is 0 Å². The van der Waals surface area contributed by atoms with Crippen LogP contribution >= 0.6 is 0 Å². The molecule has 0 aromatic carbocycles. The molecule has 0 rings (SSSR count). The van der Waals surface area contributed by atoms with Crippen LogP contribution in [-0.4, -0.2) is 169 Å². The topological polar surface area (TPSA) is 156 Å². The molecule has 0 bridgehead atoms. The first-order valence-electron chi connectivity index (χ1n) is 5.52. The molecule has 4 radical (unpaired) electrons. The van der Waals surface area contributed by atoms with Crippen LogP contribution in [0.3, 0.4) is 0 Å². The van der Waals surface area contributed by atoms with Crippen LogP contribution in [0.25, 0.3) is 0 Å². The van der Waals surface area contributed by atoms with E-state index < -0.39 is 50.1 Å². The Hall–Kier alpha value is 0.190. The fourth-order valence-electron chi connectivity index (χ4n) is 1.48. The zero-order valence-electron chi connectivity index (χ0n) is 14.6. The van der Waals surface area contributed by atoms with Crippen LogP contribution in [0.15, 0.2) is 0 Å². The number of hydrogen-bond donors (Lipinski definition) is 4. The maximum atomic E-state index is 10.6. The molecule has 10 nitrogen and oxygen atoms in total. The first-order valence-corrected chi connectivity index (χ1v) is 5.52. The Balaban J connectivity index is -0.000000301. The van der Waals surface area contributed by atoms with E-state index in [0.717, 1.165) is 9.80 Å². The van der Waals surface area contributed by atoms with Gasteiger partial charge in [-0.1, -0.05) is 0 Å². The van der Waals surface area contributed by atoms with E-state index >= 15 is 0 Å². The summed E-state index contributed by atoms with van der Waals surface area (Å²) in [6, 6.07) is 0. The van der Waals surface area contributed by atoms with E-state index in [-0.39, 0.29) is 88.5 Å². The number of aliphatic carboxylic acids is 4. The second-order valence-corrected chi connectivity index (χ2v) is 4.00. The van der Waals surface area contributed by atoms with E-state index in [0.29, 0.717) is 0 Å². The quantitative estimate of drug-likeness (QED) is 0.281. The summed E-state index contributed by atoms with van der Waals surface area (Å²) in [7, 11) is 0. The molecule has 0 unspecified atom stereocenters. The van der Waals surface area contributed by atoms with Gasteiger partial charge < -0.3 is 20.4 Å². The molecule has 0 aromatic heterocycles. The van der Waals surface area contributed by atoms with Crippen molar-refractivity contribution in [2.75, 3.05) is 39.3 Å². The molecule has 24 heavy (non-hydrogen) atoms. The molecule has 0 saturated carbocycles. The standard InChI is InChI=1S/C10H16N2O8.4Li/c13-7(14)3-11(4-8(15)16)1-2-12(5-9(17)18)6-10(19)20;;;;/h1-6H2,(H,13,14)(H,15,16)(H,17,18)(H,19,20);;;;. The Morgan fingerprint density at radius 2 is 0.667 bits per heavy atom. The van der Waals surface area contributed by atoms with Gasteiger partial charge in [0.05, 0.1) is 26.2 Å². The van der Waals surface area contributed by atoms with Crippen molar-refractivity contribution in [1.29, 1.82) is 0 Å². The third-order valence-corrected chi connectivity index (χ3v) is 2.17. The summed E-state index contributed by atoms with van der Waals surface area (Å²) in [5.41, 5.74) is 0. The Labute approximate surface area is 187 Å². The molecular weight excluding hydrogens is 304 g/mol. The predicted octanol–water partition coefficient (Wildman–Crippen LogP) is -3.59. The minimum Gasteiger partial charge on any atom is -0.480 e. The van der Waals surface area contributed by atoms with Crippen molar-refractivity contribution in [3.05, 3.63) is 0 Å². The summed E-state index contributed by atoms with van der Waals surface area (Å²) in [6.07, 6.45) is 0. The Kier molecular flexibility index (Phi) is 28.7. The fraction of sp³-hybridized carbons (Fsp3) is 0.600. The van der Waals surface area contributed by atoms with Crippen molar-refractivity contribution < 1.29 is 39.6 Å². The number of carboxylic acid groups (broad SMARTS) is 4. The van der Waals surface area contributed by atoms with Crippen LogP contribution in [0.4, 0.5) is 0 Å². The SMILES string of the molecule is O=C(O)CN(CCN(CC(=O)O)CC(=O)O)CC(=O)O.[Li].[Li].[Li].[Li]. The Morgan fingerprint density at radius 3 is 0.792 bits per heavy atom. The third-order valence-electron chi connectivity index (χ3n) is 2.17. The van der Waals surface area contributed by atoms with Crippen LogP contribution in [0, 0.1) is 0 Å². The molecule has 0 fully saturated rings. The van der Waals surface area contributed by atoms with Gasteiger partial charge in [-0.25, -0.2) is 0 Å². The molecule has 4 N–H and O–H groups in total. The molecule has 0 amide bonds. The van der Waals surface area contributed by atoms with Gasteiger partial charge in [0, 0.05) is 88.5 Å². The molecule has 0 aliphatic carbocycles. The van der Waals surface area contributed by atoms with Gasteiger partial charge in [0.2, 0.25) is 0 Å². The molecule has 0 aliphatic heterocycles. The van der Waals surface area contributed by atoms with Crippen molar-refractivity contribution >= 4 is 99.3 Å². The molecule has 0 heterocycles. The van der Waals surface area contributed by atoms with Crippen molar-refractivity contribution in [3.63, 3.8) is 0 Å². The maximum absolute atomic E-state index is 10.6. The molecule has 0 atom stereocenters. The van der Waals surface area contributed by atoms with Gasteiger partial charge in [0.1, 0.15) is 0 Å². The summed E-state index contributed by atoms with van der Waals surface area (Å²) >= 11 is 0. The number of carbonyl (C=O) groups is 4. The normalized spacial score (nSPS) is 8.92. The Morgan fingerprint density at radius 1 is 0.500 bits per heavy atom. The average molecular weight is 320 g/mol. The fourth-order valence-corrected chi connectivity index (χ4v) is 1.48. The van der Waals surface area contributed by atoms with Crippen LogP contribution in [0.2, 0.25) is 0 Å². The second kappa shape index (κ2) is 19.5. The number of hydrogen-bond acceptors (Lipinski definition) is 6. The van der Waals surface area contributed by atoms with Crippen LogP contribution < -0.4 is 0 Å². The van der Waals surface area contributed by atoms with Gasteiger partial charge in [0.15, 0.2) is 0 Å². The first kappa shape index (κ1) is 35.3. The minimum absolute atomic E-state index is 0. The molecule has 0 aromatic rings. The smallest absolute Gasteiger partial charge is 0.317 e. The van der Waals surface area contributed by atoms with Crippen molar-refractivity contribution in [3.8, 4) is 0 Å². The molecule has 118 valence electrons. The van der Waals surface area contributed by atoms with Gasteiger partial charge >= 0.3 is 23.9 Å². The van der Waals surface area contributed by atoms with Gasteiger partial charge in [0.25, 0.3) is 0 Å². The predicted molar refractivity (Wildman–Crippen MR) is 86.4 cm³/mol. The summed E-state index contributed by atoms with van der Waals surface area (Å²) < 4.78 is 0. The molecule has 0 aliphatic rings. The Bertz CT molecular complexity index is 331. The summed E-state index contributed by atoms with van der Waals surface area (Å²) in [5, 5.41) is 34.5. The average Bonchev–Trinajstić information content (AvgIpc) is 2.22. The summed E-state index contributed by atoms with van der Waals surface area (Å²) in [5.74, 6) is -4.91. The largest absolute Gasteiger partial charge is 0.480 e. The summed E-state index contributed by atoms with van der Waals surface area (Å²) in [4.78, 5) is 44.4. The molecule has 0 saturated heterocycles. The molecule has 14 heteroatoms. The molecule has 0 spiro atoms. The van der Waals surface area contributed by atoms with E-state index in [2.05, 4.69) is 0 Å². The van der Waals surface area contributed by atoms with Crippen LogP contribution in [0.5, 0.6) is 0 Å². The monoisotopic (exact) mass is 320 g/mol. The van der Waals surface area contributed by atoms with Gasteiger partial charge in [-0.3, -0.25) is 29.0 Å². The second-order valence-electron chi connectivity index (χ2n) is 4.00. The van der Waals surface area contributed by atoms with E-state index in [1.165, 1.54) is 0 Å². The van der Waals surface area contributed by atoms with Gasteiger partial charge in [-0.15, -0.1) is 0 Å². The zero-order chi connectivity index (χ0) is 15.7.